The molecule has 1 fully saturated rings. The summed E-state index contributed by atoms with van der Waals surface area (Å²) in [5.74, 6) is 0.171. The molecule has 4 rings (SSSR count). The van der Waals surface area contributed by atoms with Crippen LogP contribution in [0.2, 0.25) is 0 Å². The first kappa shape index (κ1) is 17.8. The highest BCUT2D eigenvalue weighted by Crippen LogP contribution is 2.38. The number of hydrogen-bond acceptors (Lipinski definition) is 0. The number of aromatic nitrogens is 1. The molecule has 1 saturated carbocycles. The minimum Gasteiger partial charge on any atom is -0.207 e. The summed E-state index contributed by atoms with van der Waals surface area (Å²) in [4.78, 5) is 0. The van der Waals surface area contributed by atoms with Gasteiger partial charge in [-0.3, -0.25) is 0 Å². The lowest BCUT2D eigenvalue weighted by molar-refractivity contribution is -0.665. The zero-order chi connectivity index (χ0) is 20.9. The van der Waals surface area contributed by atoms with Crippen LogP contribution < -0.4 is 4.57 Å². The van der Waals surface area contributed by atoms with Crippen LogP contribution in [-0.4, -0.2) is 0 Å². The van der Waals surface area contributed by atoms with E-state index in [4.69, 9.17) is 1.37 Å². The van der Waals surface area contributed by atoms with Gasteiger partial charge in [0.15, 0.2) is 5.69 Å². The Kier molecular flexibility index (Phi) is 4.66. The normalized spacial score (nSPS) is 15.9. The monoisotopic (exact) mass is 377 g/mol. The van der Waals surface area contributed by atoms with Crippen LogP contribution in [0.3, 0.4) is 0 Å². The first-order chi connectivity index (χ1) is 13.8. The van der Waals surface area contributed by atoms with E-state index in [2.05, 4.69) is 37.5 Å². The van der Waals surface area contributed by atoms with E-state index in [0.717, 1.165) is 46.1 Å². The third-order valence-corrected chi connectivity index (χ3v) is 6.66. The maximum Gasteiger partial charge on any atom is 0.220 e. The summed E-state index contributed by atoms with van der Waals surface area (Å²) in [6.07, 6.45) is 5.70. The lowest BCUT2D eigenvalue weighted by Gasteiger charge is -2.23. The Bertz CT molecular complexity index is 1110. The smallest absolute Gasteiger partial charge is 0.207 e. The molecule has 0 N–H and O–H groups in total. The zero-order valence-corrected chi connectivity index (χ0v) is 17.7. The van der Waals surface area contributed by atoms with Crippen molar-refractivity contribution < 1.29 is 10.3 Å². The molecule has 1 aromatic heterocycles. The number of pyridine rings is 1. The molecule has 2 aromatic carbocycles. The molecule has 1 aliphatic rings. The van der Waals surface area contributed by atoms with Gasteiger partial charge in [-0.05, 0) is 79.8 Å². The van der Waals surface area contributed by atoms with Gasteiger partial charge in [0.05, 0.1) is 12.3 Å². The van der Waals surface area contributed by atoms with E-state index in [1.54, 1.807) is 6.07 Å². The Labute approximate surface area is 169 Å². The molecule has 0 radical (unpaired) electrons. The Morgan fingerprint density at radius 3 is 2.43 bits per heavy atom. The maximum absolute atomic E-state index is 15.4. The van der Waals surface area contributed by atoms with Crippen molar-refractivity contribution in [3.63, 3.8) is 0 Å². The van der Waals surface area contributed by atoms with Gasteiger partial charge >= 0.3 is 0 Å². The molecular weight excluding hydrogens is 345 g/mol. The van der Waals surface area contributed by atoms with E-state index in [9.17, 15) is 0 Å². The molecule has 0 bridgehead atoms. The molecular formula is C26H31FN+. The Morgan fingerprint density at radius 1 is 1.00 bits per heavy atom. The first-order valence-corrected chi connectivity index (χ1v) is 10.5. The highest BCUT2D eigenvalue weighted by atomic mass is 19.1. The van der Waals surface area contributed by atoms with E-state index in [0.29, 0.717) is 6.04 Å². The zero-order valence-electron chi connectivity index (χ0n) is 18.7. The van der Waals surface area contributed by atoms with Gasteiger partial charge in [0.1, 0.15) is 12.9 Å². The Balaban J connectivity index is 2.05. The van der Waals surface area contributed by atoms with Crippen LogP contribution in [0, 0.1) is 33.5 Å². The first-order valence-electron chi connectivity index (χ1n) is 11.0. The summed E-state index contributed by atoms with van der Waals surface area (Å²) in [6, 6.07) is 8.56. The van der Waals surface area contributed by atoms with Crippen LogP contribution in [0.25, 0.3) is 22.0 Å². The molecule has 1 heterocycles. The molecule has 1 nitrogen and oxygen atoms in total. The van der Waals surface area contributed by atoms with Crippen molar-refractivity contribution in [2.24, 2.45) is 7.05 Å². The quantitative estimate of drug-likeness (QED) is 0.435. The van der Waals surface area contributed by atoms with Crippen molar-refractivity contribution in [1.29, 1.82) is 0 Å². The number of halogens is 1. The van der Waals surface area contributed by atoms with Gasteiger partial charge < -0.3 is 0 Å². The molecule has 0 aliphatic heterocycles. The molecule has 0 unspecified atom stereocenters. The fourth-order valence-electron chi connectivity index (χ4n) is 4.85. The molecule has 146 valence electrons. The van der Waals surface area contributed by atoms with E-state index in [-0.39, 0.29) is 11.7 Å². The topological polar surface area (TPSA) is 3.88 Å². The molecule has 0 amide bonds. The summed E-state index contributed by atoms with van der Waals surface area (Å²) < 4.78 is 26.2. The van der Waals surface area contributed by atoms with Gasteiger partial charge in [-0.15, -0.1) is 0 Å². The van der Waals surface area contributed by atoms with E-state index >= 15 is 4.39 Å². The average molecular weight is 378 g/mol. The minimum absolute atomic E-state index is 0.115. The van der Waals surface area contributed by atoms with Crippen LogP contribution in [0.15, 0.2) is 30.3 Å². The largest absolute Gasteiger partial charge is 0.220 e. The van der Waals surface area contributed by atoms with Gasteiger partial charge in [0.2, 0.25) is 5.69 Å². The highest BCUT2D eigenvalue weighted by molar-refractivity contribution is 5.94. The third kappa shape index (κ3) is 3.23. The van der Waals surface area contributed by atoms with Crippen LogP contribution in [0.4, 0.5) is 4.39 Å². The minimum atomic E-state index is -0.115. The van der Waals surface area contributed by atoms with Gasteiger partial charge in [-0.25, -0.2) is 4.39 Å². The van der Waals surface area contributed by atoms with Crippen molar-refractivity contribution in [2.45, 2.75) is 65.7 Å². The van der Waals surface area contributed by atoms with Gasteiger partial charge in [-0.1, -0.05) is 30.9 Å². The molecule has 2 heteroatoms. The summed E-state index contributed by atoms with van der Waals surface area (Å²) in [7, 11) is 1.99. The van der Waals surface area contributed by atoms with Gasteiger partial charge in [0.25, 0.3) is 0 Å². The molecule has 3 aromatic rings. The van der Waals surface area contributed by atoms with E-state index in [1.807, 2.05) is 20.0 Å². The molecule has 0 saturated heterocycles. The number of aryl methyl sites for hydroxylation is 2. The van der Waals surface area contributed by atoms with Gasteiger partial charge in [0, 0.05) is 13.0 Å². The average Bonchev–Trinajstić information content (AvgIpc) is 2.70. The lowest BCUT2D eigenvalue weighted by Crippen LogP contribution is -2.35. The Morgan fingerprint density at radius 2 is 1.71 bits per heavy atom. The number of fused-ring (bicyclic) bond motifs is 1. The fraction of sp³-hybridized carbons (Fsp3) is 0.423. The summed E-state index contributed by atoms with van der Waals surface area (Å²) in [6.45, 7) is 8.35. The lowest BCUT2D eigenvalue weighted by atomic mass is 9.83. The predicted molar refractivity (Wildman–Crippen MR) is 115 cm³/mol. The second-order valence-electron chi connectivity index (χ2n) is 8.63. The van der Waals surface area contributed by atoms with Crippen LogP contribution in [0.1, 0.15) is 67.3 Å². The fourth-order valence-corrected chi connectivity index (χ4v) is 4.85. The number of hydrogen-bond donors (Lipinski definition) is 0. The molecule has 0 atom stereocenters. The molecule has 1 aliphatic carbocycles. The van der Waals surface area contributed by atoms with Crippen molar-refractivity contribution in [1.82, 2.24) is 0 Å². The maximum atomic E-state index is 15.4. The number of nitrogens with zero attached hydrogens (tertiary/aromatic N) is 1. The predicted octanol–water partition coefficient (Wildman–Crippen LogP) is 6.75. The summed E-state index contributed by atoms with van der Waals surface area (Å²) >= 11 is 0. The highest BCUT2D eigenvalue weighted by Gasteiger charge is 2.25. The SMILES string of the molecule is [2H]c1c(C)[n+](C)c(-c2cc(C)cc(C)c2C)c2cc(F)c(C3CCCCC3)cc12. The van der Waals surface area contributed by atoms with Crippen LogP contribution in [0.5, 0.6) is 0 Å². The molecule has 0 spiro atoms. The van der Waals surface area contributed by atoms with Crippen molar-refractivity contribution >= 4 is 10.8 Å². The second-order valence-corrected chi connectivity index (χ2v) is 8.63. The van der Waals surface area contributed by atoms with Crippen LogP contribution >= 0.6 is 0 Å². The van der Waals surface area contributed by atoms with E-state index < -0.39 is 0 Å². The van der Waals surface area contributed by atoms with Crippen molar-refractivity contribution in [3.05, 3.63) is 64.1 Å². The van der Waals surface area contributed by atoms with Gasteiger partial charge in [-0.2, -0.15) is 4.57 Å². The van der Waals surface area contributed by atoms with Crippen LogP contribution in [-0.2, 0) is 7.05 Å². The van der Waals surface area contributed by atoms with E-state index in [1.165, 1.54) is 36.0 Å². The summed E-state index contributed by atoms with van der Waals surface area (Å²) in [5, 5.41) is 1.71. The second kappa shape index (κ2) is 7.31. The third-order valence-electron chi connectivity index (χ3n) is 6.66. The summed E-state index contributed by atoms with van der Waals surface area (Å²) in [5.41, 5.74) is 7.49. The molecule has 28 heavy (non-hydrogen) atoms. The standard InChI is InChI=1S/C26H31FN/c1-16-11-17(2)19(4)22(12-16)26-24-15-25(27)23(20-9-7-6-8-10-20)14-21(24)13-18(3)28(26)5/h11-15,20H,6-10H2,1-5H3/q+1/i13D. The van der Waals surface area contributed by atoms with Crippen molar-refractivity contribution in [2.75, 3.05) is 0 Å². The van der Waals surface area contributed by atoms with Crippen molar-refractivity contribution in [3.8, 4) is 11.3 Å². The Hall–Kier alpha value is -2.22. The number of benzene rings is 2. The number of rotatable bonds is 2.